The van der Waals surface area contributed by atoms with Gasteiger partial charge in [-0.25, -0.2) is 4.39 Å². The average Bonchev–Trinajstić information content (AvgIpc) is 2.03. The first-order valence-corrected chi connectivity index (χ1v) is 5.14. The summed E-state index contributed by atoms with van der Waals surface area (Å²) in [5.41, 5.74) is 6.71. The maximum Gasteiger partial charge on any atom is 0.124 e. The second-order valence-corrected chi connectivity index (χ2v) is 4.01. The molecule has 0 fully saturated rings. The van der Waals surface area contributed by atoms with Gasteiger partial charge in [-0.05, 0) is 30.2 Å². The Hall–Kier alpha value is -0.410. The Labute approximate surface area is 86.3 Å². The molecule has 0 aliphatic carbocycles. The molecule has 1 rings (SSSR count). The van der Waals surface area contributed by atoms with E-state index in [1.165, 1.54) is 12.1 Å². The lowest BCUT2D eigenvalue weighted by atomic mass is 10.0. The average molecular weight is 246 g/mol. The summed E-state index contributed by atoms with van der Waals surface area (Å²) >= 11 is 3.24. The molecule has 2 N–H and O–H groups in total. The van der Waals surface area contributed by atoms with Gasteiger partial charge in [0.1, 0.15) is 5.82 Å². The lowest BCUT2D eigenvalue weighted by Crippen LogP contribution is -2.09. The molecule has 1 aromatic rings. The van der Waals surface area contributed by atoms with Crippen molar-refractivity contribution < 1.29 is 4.39 Å². The normalized spacial score (nSPS) is 12.9. The summed E-state index contributed by atoms with van der Waals surface area (Å²) in [6.07, 6.45) is 1.89. The van der Waals surface area contributed by atoms with Crippen molar-refractivity contribution in [2.75, 3.05) is 0 Å². The van der Waals surface area contributed by atoms with E-state index in [9.17, 15) is 4.39 Å². The number of hydrogen-bond acceptors (Lipinski definition) is 1. The van der Waals surface area contributed by atoms with Gasteiger partial charge in [0, 0.05) is 10.5 Å². The largest absolute Gasteiger partial charge is 0.324 e. The van der Waals surface area contributed by atoms with E-state index in [1.807, 2.05) is 6.07 Å². The molecule has 0 radical (unpaired) electrons. The van der Waals surface area contributed by atoms with Crippen molar-refractivity contribution in [1.29, 1.82) is 0 Å². The van der Waals surface area contributed by atoms with Gasteiger partial charge in [0.05, 0.1) is 0 Å². The zero-order valence-corrected chi connectivity index (χ0v) is 9.14. The zero-order chi connectivity index (χ0) is 9.84. The van der Waals surface area contributed by atoms with E-state index >= 15 is 0 Å². The first-order valence-electron chi connectivity index (χ1n) is 4.35. The molecule has 72 valence electrons. The van der Waals surface area contributed by atoms with Crippen LogP contribution in [0.2, 0.25) is 0 Å². The molecule has 1 atom stereocenters. The summed E-state index contributed by atoms with van der Waals surface area (Å²) in [5, 5.41) is 0. The SMILES string of the molecule is CCC[C@@H](N)c1cc(F)cc(Br)c1. The molecule has 13 heavy (non-hydrogen) atoms. The van der Waals surface area contributed by atoms with Crippen LogP contribution in [0.3, 0.4) is 0 Å². The van der Waals surface area contributed by atoms with Crippen molar-refractivity contribution in [1.82, 2.24) is 0 Å². The third kappa shape index (κ3) is 3.08. The standard InChI is InChI=1S/C10H13BrFN/c1-2-3-10(13)7-4-8(11)6-9(12)5-7/h4-6,10H,2-3,13H2,1H3/t10-/m1/s1. The van der Waals surface area contributed by atoms with E-state index in [0.29, 0.717) is 0 Å². The van der Waals surface area contributed by atoms with Crippen LogP contribution in [-0.4, -0.2) is 0 Å². The van der Waals surface area contributed by atoms with E-state index in [2.05, 4.69) is 22.9 Å². The van der Waals surface area contributed by atoms with Crippen molar-refractivity contribution in [3.8, 4) is 0 Å². The van der Waals surface area contributed by atoms with Crippen molar-refractivity contribution in [3.05, 3.63) is 34.1 Å². The highest BCUT2D eigenvalue weighted by molar-refractivity contribution is 9.10. The van der Waals surface area contributed by atoms with Gasteiger partial charge in [-0.3, -0.25) is 0 Å². The minimum atomic E-state index is -0.240. The molecule has 0 bridgehead atoms. The summed E-state index contributed by atoms with van der Waals surface area (Å²) in [7, 11) is 0. The highest BCUT2D eigenvalue weighted by Gasteiger charge is 2.06. The lowest BCUT2D eigenvalue weighted by molar-refractivity contribution is 0.604. The smallest absolute Gasteiger partial charge is 0.124 e. The predicted octanol–water partition coefficient (Wildman–Crippen LogP) is 3.39. The summed E-state index contributed by atoms with van der Waals surface area (Å²) in [5.74, 6) is -0.240. The topological polar surface area (TPSA) is 26.0 Å². The Morgan fingerprint density at radius 2 is 2.15 bits per heavy atom. The summed E-state index contributed by atoms with van der Waals surface area (Å²) in [4.78, 5) is 0. The Morgan fingerprint density at radius 3 is 2.69 bits per heavy atom. The second kappa shape index (κ2) is 4.72. The molecule has 0 aliphatic heterocycles. The lowest BCUT2D eigenvalue weighted by Gasteiger charge is -2.10. The molecule has 0 saturated carbocycles. The van der Waals surface area contributed by atoms with Crippen molar-refractivity contribution in [2.45, 2.75) is 25.8 Å². The molecule has 0 aliphatic rings. The number of rotatable bonds is 3. The van der Waals surface area contributed by atoms with Gasteiger partial charge in [0.15, 0.2) is 0 Å². The van der Waals surface area contributed by atoms with E-state index in [4.69, 9.17) is 5.73 Å². The molecular weight excluding hydrogens is 233 g/mol. The highest BCUT2D eigenvalue weighted by atomic mass is 79.9. The van der Waals surface area contributed by atoms with Crippen LogP contribution in [0.15, 0.2) is 22.7 Å². The molecule has 1 nitrogen and oxygen atoms in total. The minimum Gasteiger partial charge on any atom is -0.324 e. The first kappa shape index (κ1) is 10.7. The van der Waals surface area contributed by atoms with E-state index in [0.717, 1.165) is 22.9 Å². The Balaban J connectivity index is 2.87. The third-order valence-electron chi connectivity index (χ3n) is 1.91. The molecule has 0 aromatic heterocycles. The van der Waals surface area contributed by atoms with Gasteiger partial charge in [0.2, 0.25) is 0 Å². The summed E-state index contributed by atoms with van der Waals surface area (Å²) < 4.78 is 13.7. The van der Waals surface area contributed by atoms with Crippen molar-refractivity contribution >= 4 is 15.9 Å². The Morgan fingerprint density at radius 1 is 1.46 bits per heavy atom. The van der Waals surface area contributed by atoms with Crippen LogP contribution in [0.25, 0.3) is 0 Å². The zero-order valence-electron chi connectivity index (χ0n) is 7.56. The Kier molecular flexibility index (Phi) is 3.88. The van der Waals surface area contributed by atoms with Gasteiger partial charge in [-0.1, -0.05) is 29.3 Å². The molecule has 3 heteroatoms. The number of halogens is 2. The molecule has 1 aromatic carbocycles. The van der Waals surface area contributed by atoms with Gasteiger partial charge >= 0.3 is 0 Å². The highest BCUT2D eigenvalue weighted by Crippen LogP contribution is 2.21. The fraction of sp³-hybridized carbons (Fsp3) is 0.400. The van der Waals surface area contributed by atoms with E-state index in [1.54, 1.807) is 0 Å². The Bertz CT molecular complexity index is 268. The first-order chi connectivity index (χ1) is 6.13. The fourth-order valence-electron chi connectivity index (χ4n) is 1.27. The molecule has 0 unspecified atom stereocenters. The van der Waals surface area contributed by atoms with E-state index in [-0.39, 0.29) is 11.9 Å². The van der Waals surface area contributed by atoms with Crippen LogP contribution < -0.4 is 5.73 Å². The molecule has 0 saturated heterocycles. The quantitative estimate of drug-likeness (QED) is 0.869. The van der Waals surface area contributed by atoms with E-state index < -0.39 is 0 Å². The number of nitrogens with two attached hydrogens (primary N) is 1. The third-order valence-corrected chi connectivity index (χ3v) is 2.37. The van der Waals surface area contributed by atoms with Gasteiger partial charge in [0.25, 0.3) is 0 Å². The maximum atomic E-state index is 12.9. The van der Waals surface area contributed by atoms with Crippen LogP contribution in [0.1, 0.15) is 31.4 Å². The number of benzene rings is 1. The van der Waals surface area contributed by atoms with Crippen LogP contribution in [0.4, 0.5) is 4.39 Å². The van der Waals surface area contributed by atoms with Gasteiger partial charge < -0.3 is 5.73 Å². The minimum absolute atomic E-state index is 0.0583. The number of hydrogen-bond donors (Lipinski definition) is 1. The summed E-state index contributed by atoms with van der Waals surface area (Å²) in [6, 6.07) is 4.73. The molecule has 0 amide bonds. The molecular formula is C10H13BrFN. The molecule has 0 spiro atoms. The summed E-state index contributed by atoms with van der Waals surface area (Å²) in [6.45, 7) is 2.06. The monoisotopic (exact) mass is 245 g/mol. The van der Waals surface area contributed by atoms with Gasteiger partial charge in [-0.15, -0.1) is 0 Å². The van der Waals surface area contributed by atoms with Crippen LogP contribution >= 0.6 is 15.9 Å². The molecule has 0 heterocycles. The fourth-order valence-corrected chi connectivity index (χ4v) is 1.75. The van der Waals surface area contributed by atoms with Gasteiger partial charge in [-0.2, -0.15) is 0 Å². The van der Waals surface area contributed by atoms with Crippen LogP contribution in [0.5, 0.6) is 0 Å². The maximum absolute atomic E-state index is 12.9. The van der Waals surface area contributed by atoms with Crippen molar-refractivity contribution in [2.24, 2.45) is 5.73 Å². The second-order valence-electron chi connectivity index (χ2n) is 3.10. The van der Waals surface area contributed by atoms with Crippen LogP contribution in [-0.2, 0) is 0 Å². The van der Waals surface area contributed by atoms with Crippen LogP contribution in [0, 0.1) is 5.82 Å². The predicted molar refractivity (Wildman–Crippen MR) is 55.9 cm³/mol. The van der Waals surface area contributed by atoms with Crippen molar-refractivity contribution in [3.63, 3.8) is 0 Å².